The van der Waals surface area contributed by atoms with Crippen molar-refractivity contribution >= 4 is 0 Å². The molecule has 0 spiro atoms. The van der Waals surface area contributed by atoms with Gasteiger partial charge in [-0.1, -0.05) is 41.5 Å². The zero-order chi connectivity index (χ0) is 31.0. The van der Waals surface area contributed by atoms with Crippen LogP contribution in [0.5, 0.6) is 0 Å². The molecule has 7 N–H and O–H groups in total. The molecule has 13 heteroatoms. The Morgan fingerprint density at radius 1 is 0.524 bits per heavy atom. The van der Waals surface area contributed by atoms with E-state index in [-0.39, 0.29) is 11.8 Å². The van der Waals surface area contributed by atoms with Gasteiger partial charge in [-0.3, -0.25) is 0 Å². The quantitative estimate of drug-likeness (QED) is 0.173. The third kappa shape index (κ3) is 6.69. The zero-order valence-electron chi connectivity index (χ0n) is 25.4. The summed E-state index contributed by atoms with van der Waals surface area (Å²) in [5.41, 5.74) is 0. The van der Waals surface area contributed by atoms with Crippen LogP contribution in [0.15, 0.2) is 0 Å². The van der Waals surface area contributed by atoms with Gasteiger partial charge in [0, 0.05) is 11.8 Å². The lowest BCUT2D eigenvalue weighted by Crippen LogP contribution is -2.59. The molecular formula is C29H52O13. The first-order valence-electron chi connectivity index (χ1n) is 15.5. The van der Waals surface area contributed by atoms with Crippen molar-refractivity contribution in [1.82, 2.24) is 0 Å². The van der Waals surface area contributed by atoms with Gasteiger partial charge in [0.15, 0.2) is 18.9 Å². The molecule has 1 saturated carbocycles. The van der Waals surface area contributed by atoms with E-state index in [2.05, 4.69) is 0 Å². The van der Waals surface area contributed by atoms with E-state index in [4.69, 9.17) is 28.4 Å². The molecule has 14 unspecified atom stereocenters. The summed E-state index contributed by atoms with van der Waals surface area (Å²) >= 11 is 0. The molecule has 246 valence electrons. The summed E-state index contributed by atoms with van der Waals surface area (Å²) in [5.74, 6) is -1.47. The summed E-state index contributed by atoms with van der Waals surface area (Å²) < 4.78 is 36.4. The fourth-order valence-electron chi connectivity index (χ4n) is 6.79. The van der Waals surface area contributed by atoms with Crippen LogP contribution in [0.1, 0.15) is 60.8 Å². The minimum absolute atomic E-state index is 0.108. The summed E-state index contributed by atoms with van der Waals surface area (Å²) in [6.45, 7) is 10.4. The first kappa shape index (κ1) is 34.4. The summed E-state index contributed by atoms with van der Waals surface area (Å²) in [7, 11) is 0. The molecule has 0 aromatic carbocycles. The van der Waals surface area contributed by atoms with Crippen molar-refractivity contribution < 1.29 is 64.2 Å². The second kappa shape index (κ2) is 14.3. The van der Waals surface area contributed by atoms with E-state index in [0.717, 1.165) is 0 Å². The van der Waals surface area contributed by atoms with Gasteiger partial charge in [0.05, 0.1) is 43.2 Å². The molecule has 0 bridgehead atoms. The minimum Gasteiger partial charge on any atom is -0.394 e. The van der Waals surface area contributed by atoms with E-state index in [1.165, 1.54) is 0 Å². The fraction of sp³-hybridized carbons (Fsp3) is 1.00. The maximum Gasteiger partial charge on any atom is 0.187 e. The number of aliphatic hydroxyl groups is 7. The van der Waals surface area contributed by atoms with Crippen LogP contribution in [0.3, 0.4) is 0 Å². The molecule has 0 radical (unpaired) electrons. The fourth-order valence-corrected chi connectivity index (χ4v) is 6.79. The van der Waals surface area contributed by atoms with Crippen LogP contribution in [-0.2, 0) is 28.4 Å². The Kier molecular flexibility index (Phi) is 11.7. The molecule has 19 atom stereocenters. The molecule has 4 aliphatic rings. The van der Waals surface area contributed by atoms with Crippen LogP contribution < -0.4 is 0 Å². The summed E-state index contributed by atoms with van der Waals surface area (Å²) in [5, 5.41) is 74.4. The topological polar surface area (TPSA) is 197 Å². The number of ether oxygens (including phenoxy) is 6. The Morgan fingerprint density at radius 3 is 1.45 bits per heavy atom. The van der Waals surface area contributed by atoms with Gasteiger partial charge in [0.25, 0.3) is 0 Å². The lowest BCUT2D eigenvalue weighted by Gasteiger charge is -2.47. The maximum absolute atomic E-state index is 11.3. The molecule has 13 nitrogen and oxygen atoms in total. The Bertz CT molecular complexity index is 846. The van der Waals surface area contributed by atoms with E-state index >= 15 is 0 Å². The molecule has 0 aromatic rings. The van der Waals surface area contributed by atoms with Crippen molar-refractivity contribution in [1.29, 1.82) is 0 Å². The zero-order valence-corrected chi connectivity index (χ0v) is 25.4. The van der Waals surface area contributed by atoms with Gasteiger partial charge >= 0.3 is 0 Å². The SMILES string of the molecule is CCC1OC(OC2C(CO)OC(OC3C(O)C(C)C[C@H](C)[C@@H]3O[C@@H]3O[C@H](CC)C(O)C(O)C3C)C2O)C(C)[C@H](O)C1O. The van der Waals surface area contributed by atoms with Crippen molar-refractivity contribution in [3.05, 3.63) is 0 Å². The van der Waals surface area contributed by atoms with Crippen LogP contribution in [0, 0.1) is 23.7 Å². The Morgan fingerprint density at radius 2 is 0.976 bits per heavy atom. The van der Waals surface area contributed by atoms with Gasteiger partial charge in [-0.15, -0.1) is 0 Å². The Balaban J connectivity index is 1.50. The number of hydrogen-bond acceptors (Lipinski definition) is 13. The normalized spacial score (nSPS) is 53.8. The molecule has 0 amide bonds. The van der Waals surface area contributed by atoms with E-state index in [0.29, 0.717) is 19.3 Å². The van der Waals surface area contributed by atoms with Crippen molar-refractivity contribution in [2.45, 2.75) is 153 Å². The highest BCUT2D eigenvalue weighted by atomic mass is 16.8. The van der Waals surface area contributed by atoms with Crippen LogP contribution in [0.25, 0.3) is 0 Å². The Labute approximate surface area is 247 Å². The molecule has 3 saturated heterocycles. The highest BCUT2D eigenvalue weighted by Crippen LogP contribution is 2.40. The van der Waals surface area contributed by atoms with Gasteiger partial charge in [0.2, 0.25) is 0 Å². The van der Waals surface area contributed by atoms with Crippen LogP contribution in [-0.4, -0.2) is 134 Å². The van der Waals surface area contributed by atoms with E-state index in [1.54, 1.807) is 13.8 Å². The third-order valence-electron chi connectivity index (χ3n) is 9.71. The van der Waals surface area contributed by atoms with Gasteiger partial charge in [-0.05, 0) is 31.1 Å². The highest BCUT2D eigenvalue weighted by Gasteiger charge is 2.53. The van der Waals surface area contributed by atoms with E-state index in [1.807, 2.05) is 27.7 Å². The minimum atomic E-state index is -1.39. The molecule has 42 heavy (non-hydrogen) atoms. The first-order valence-corrected chi connectivity index (χ1v) is 15.5. The van der Waals surface area contributed by atoms with Crippen molar-refractivity contribution in [2.75, 3.05) is 6.61 Å². The van der Waals surface area contributed by atoms with Gasteiger partial charge in [0.1, 0.15) is 36.6 Å². The van der Waals surface area contributed by atoms with Crippen LogP contribution in [0.4, 0.5) is 0 Å². The highest BCUT2D eigenvalue weighted by molar-refractivity contribution is 4.97. The first-order chi connectivity index (χ1) is 19.8. The predicted octanol–water partition coefficient (Wildman–Crippen LogP) is -0.757. The maximum atomic E-state index is 11.3. The van der Waals surface area contributed by atoms with Crippen LogP contribution in [0.2, 0.25) is 0 Å². The van der Waals surface area contributed by atoms with Crippen molar-refractivity contribution in [3.8, 4) is 0 Å². The average Bonchev–Trinajstić information content (AvgIpc) is 3.27. The number of hydrogen-bond donors (Lipinski definition) is 7. The molecule has 4 rings (SSSR count). The number of rotatable bonds is 9. The Hall–Kier alpha value is -0.520. The smallest absolute Gasteiger partial charge is 0.187 e. The lowest BCUT2D eigenvalue weighted by molar-refractivity contribution is -0.325. The van der Waals surface area contributed by atoms with Gasteiger partial charge < -0.3 is 64.2 Å². The molecule has 4 fully saturated rings. The van der Waals surface area contributed by atoms with Crippen molar-refractivity contribution in [3.63, 3.8) is 0 Å². The van der Waals surface area contributed by atoms with Crippen LogP contribution >= 0.6 is 0 Å². The predicted molar refractivity (Wildman–Crippen MR) is 146 cm³/mol. The average molecular weight is 609 g/mol. The van der Waals surface area contributed by atoms with E-state index < -0.39 is 111 Å². The van der Waals surface area contributed by atoms with Gasteiger partial charge in [-0.2, -0.15) is 0 Å². The van der Waals surface area contributed by atoms with Gasteiger partial charge in [-0.25, -0.2) is 0 Å². The van der Waals surface area contributed by atoms with Crippen molar-refractivity contribution in [2.24, 2.45) is 23.7 Å². The summed E-state index contributed by atoms with van der Waals surface area (Å²) in [4.78, 5) is 0. The largest absolute Gasteiger partial charge is 0.394 e. The molecule has 3 heterocycles. The second-order valence-electron chi connectivity index (χ2n) is 12.8. The van der Waals surface area contributed by atoms with E-state index in [9.17, 15) is 35.7 Å². The monoisotopic (exact) mass is 608 g/mol. The lowest BCUT2D eigenvalue weighted by atomic mass is 9.77. The third-order valence-corrected chi connectivity index (χ3v) is 9.71. The molecular weight excluding hydrogens is 556 g/mol. The molecule has 3 aliphatic heterocycles. The second-order valence-corrected chi connectivity index (χ2v) is 12.8. The summed E-state index contributed by atoms with van der Waals surface area (Å²) in [6, 6.07) is 0. The molecule has 1 aliphatic carbocycles. The summed E-state index contributed by atoms with van der Waals surface area (Å²) in [6.07, 6.45) is -13.4. The molecule has 0 aromatic heterocycles. The standard InChI is InChI=1S/C29H52O13/c1-7-15-21(34)19(32)13(5)27(37-15)40-24-12(4)9-11(3)18(31)26(24)42-29-23(36)25(17(10-30)39-29)41-28-14(6)20(33)22(35)16(8-2)38-28/h11-36H,7-10H2,1-6H3/t11?,12-,13?,14?,15+,16?,17?,18?,19?,20-,21?,22?,23?,24-,25?,26?,27-,28?,29?/m0/s1. The number of aliphatic hydroxyl groups excluding tert-OH is 7.